The Bertz CT molecular complexity index is 378. The normalized spacial score (nSPS) is 13.0. The smallest absolute Gasteiger partial charge is 0.109 e. The summed E-state index contributed by atoms with van der Waals surface area (Å²) in [7, 11) is -2.20. The molecule has 0 spiro atoms. The second-order valence-electron chi connectivity index (χ2n) is 4.17. The molecule has 0 fully saturated rings. The quantitative estimate of drug-likeness (QED) is 0.803. The van der Waals surface area contributed by atoms with E-state index in [1.54, 1.807) is 13.3 Å². The Morgan fingerprint density at radius 3 is 2.56 bits per heavy atom. The van der Waals surface area contributed by atoms with E-state index in [0.717, 1.165) is 10.9 Å². The number of rotatable bonds is 4. The van der Waals surface area contributed by atoms with Crippen LogP contribution in [0.4, 0.5) is 0 Å². The summed E-state index contributed by atoms with van der Waals surface area (Å²) < 4.78 is 11.8. The average Bonchev–Trinajstić information content (AvgIpc) is 2.17. The molecule has 0 amide bonds. The molecule has 1 unspecified atom stereocenters. The molecule has 92 valence electrons. The minimum absolute atomic E-state index is 0. The van der Waals surface area contributed by atoms with Crippen molar-refractivity contribution in [3.8, 4) is 0 Å². The molecular formula is C11H19ClNO2P. The Kier molecular flexibility index (Phi) is 6.27. The van der Waals surface area contributed by atoms with Gasteiger partial charge in [0, 0.05) is 11.3 Å². The average molecular weight is 264 g/mol. The first-order chi connectivity index (χ1) is 6.93. The van der Waals surface area contributed by atoms with Gasteiger partial charge in [-0.3, -0.25) is 0 Å². The van der Waals surface area contributed by atoms with E-state index in [9.17, 15) is 4.57 Å². The Balaban J connectivity index is 0.00000225. The highest BCUT2D eigenvalue weighted by Gasteiger charge is 2.11. The lowest BCUT2D eigenvalue weighted by Crippen LogP contribution is -2.27. The number of benzene rings is 1. The molecule has 0 bridgehead atoms. The summed E-state index contributed by atoms with van der Waals surface area (Å²) >= 11 is 0. The number of aliphatic hydroxyl groups excluding tert-OH is 1. The molecule has 16 heavy (non-hydrogen) atoms. The summed E-state index contributed by atoms with van der Waals surface area (Å²) in [6, 6.07) is 7.36. The SMILES string of the molecule is CP(C)(=O)c1cccc(CC(N)CO)c1.Cl. The Labute approximate surface area is 103 Å². The zero-order valence-corrected chi connectivity index (χ0v) is 11.3. The fraction of sp³-hybridized carbons (Fsp3) is 0.455. The van der Waals surface area contributed by atoms with E-state index in [1.807, 2.05) is 24.3 Å². The molecule has 0 aliphatic carbocycles. The lowest BCUT2D eigenvalue weighted by Gasteiger charge is -2.11. The topological polar surface area (TPSA) is 63.3 Å². The summed E-state index contributed by atoms with van der Waals surface area (Å²) in [4.78, 5) is 0. The van der Waals surface area contributed by atoms with E-state index in [1.165, 1.54) is 0 Å². The zero-order chi connectivity index (χ0) is 11.5. The van der Waals surface area contributed by atoms with Crippen molar-refractivity contribution in [2.45, 2.75) is 12.5 Å². The van der Waals surface area contributed by atoms with Crippen molar-refractivity contribution in [2.75, 3.05) is 19.9 Å². The van der Waals surface area contributed by atoms with E-state index in [-0.39, 0.29) is 25.1 Å². The lowest BCUT2D eigenvalue weighted by atomic mass is 10.1. The van der Waals surface area contributed by atoms with Crippen molar-refractivity contribution in [3.05, 3.63) is 29.8 Å². The highest BCUT2D eigenvalue weighted by atomic mass is 35.5. The van der Waals surface area contributed by atoms with Crippen molar-refractivity contribution < 1.29 is 9.67 Å². The summed E-state index contributed by atoms with van der Waals surface area (Å²) in [5.41, 5.74) is 6.67. The minimum atomic E-state index is -2.20. The van der Waals surface area contributed by atoms with Crippen LogP contribution >= 0.6 is 19.5 Å². The molecule has 0 aliphatic rings. The first-order valence-corrected chi connectivity index (χ1v) is 7.54. The van der Waals surface area contributed by atoms with Crippen molar-refractivity contribution in [2.24, 2.45) is 5.73 Å². The predicted molar refractivity (Wildman–Crippen MR) is 71.5 cm³/mol. The molecule has 1 aromatic carbocycles. The van der Waals surface area contributed by atoms with Gasteiger partial charge in [-0.15, -0.1) is 12.4 Å². The number of halogens is 1. The van der Waals surface area contributed by atoms with Gasteiger partial charge in [0.15, 0.2) is 0 Å². The van der Waals surface area contributed by atoms with Crippen LogP contribution in [0.3, 0.4) is 0 Å². The molecule has 3 N–H and O–H groups in total. The monoisotopic (exact) mass is 263 g/mol. The summed E-state index contributed by atoms with van der Waals surface area (Å²) in [5.74, 6) is 0. The number of hydrogen-bond donors (Lipinski definition) is 2. The largest absolute Gasteiger partial charge is 0.395 e. The maximum atomic E-state index is 11.8. The van der Waals surface area contributed by atoms with Crippen LogP contribution in [0.5, 0.6) is 0 Å². The minimum Gasteiger partial charge on any atom is -0.395 e. The standard InChI is InChI=1S/C11H18NO2P.ClH/c1-15(2,14)11-5-3-4-9(7-11)6-10(12)8-13;/h3-5,7,10,13H,6,8,12H2,1-2H3;1H. The first-order valence-electron chi connectivity index (χ1n) is 4.94. The molecule has 3 nitrogen and oxygen atoms in total. The van der Waals surface area contributed by atoms with Crippen LogP contribution in [0.1, 0.15) is 5.56 Å². The van der Waals surface area contributed by atoms with E-state index in [2.05, 4.69) is 0 Å². The molecular weight excluding hydrogens is 245 g/mol. The van der Waals surface area contributed by atoms with Crippen molar-refractivity contribution in [3.63, 3.8) is 0 Å². The van der Waals surface area contributed by atoms with Gasteiger partial charge in [-0.05, 0) is 31.4 Å². The number of aliphatic hydroxyl groups is 1. The lowest BCUT2D eigenvalue weighted by molar-refractivity contribution is 0.265. The van der Waals surface area contributed by atoms with Gasteiger partial charge in [0.2, 0.25) is 0 Å². The molecule has 0 heterocycles. The van der Waals surface area contributed by atoms with Crippen molar-refractivity contribution >= 4 is 24.9 Å². The highest BCUT2D eigenvalue weighted by molar-refractivity contribution is 7.70. The summed E-state index contributed by atoms with van der Waals surface area (Å²) in [6.07, 6.45) is 0.615. The molecule has 1 rings (SSSR count). The summed E-state index contributed by atoms with van der Waals surface area (Å²) in [5, 5.41) is 9.71. The van der Waals surface area contributed by atoms with Crippen LogP contribution in [0.25, 0.3) is 0 Å². The molecule has 1 atom stereocenters. The number of hydrogen-bond acceptors (Lipinski definition) is 3. The number of nitrogens with two attached hydrogens (primary N) is 1. The van der Waals surface area contributed by atoms with Crippen LogP contribution in [0, 0.1) is 0 Å². The van der Waals surface area contributed by atoms with Gasteiger partial charge in [-0.1, -0.05) is 18.2 Å². The van der Waals surface area contributed by atoms with E-state index < -0.39 is 7.14 Å². The van der Waals surface area contributed by atoms with Gasteiger partial charge in [-0.25, -0.2) is 0 Å². The van der Waals surface area contributed by atoms with Crippen LogP contribution in [0.15, 0.2) is 24.3 Å². The fourth-order valence-electron chi connectivity index (χ4n) is 1.39. The van der Waals surface area contributed by atoms with Gasteiger partial charge in [0.05, 0.1) is 6.61 Å². The van der Waals surface area contributed by atoms with Crippen LogP contribution in [0.2, 0.25) is 0 Å². The van der Waals surface area contributed by atoms with Crippen LogP contribution < -0.4 is 11.0 Å². The molecule has 0 saturated carbocycles. The molecule has 0 saturated heterocycles. The third kappa shape index (κ3) is 4.67. The van der Waals surface area contributed by atoms with E-state index >= 15 is 0 Å². The van der Waals surface area contributed by atoms with Gasteiger partial charge < -0.3 is 15.4 Å². The van der Waals surface area contributed by atoms with Crippen molar-refractivity contribution in [1.29, 1.82) is 0 Å². The summed E-state index contributed by atoms with van der Waals surface area (Å²) in [6.45, 7) is 3.47. The molecule has 0 aliphatic heterocycles. The third-order valence-electron chi connectivity index (χ3n) is 2.26. The third-order valence-corrected chi connectivity index (χ3v) is 3.79. The second kappa shape index (κ2) is 6.41. The fourth-order valence-corrected chi connectivity index (χ4v) is 2.31. The Hall–Kier alpha value is -0.340. The van der Waals surface area contributed by atoms with Gasteiger partial charge >= 0.3 is 0 Å². The maximum Gasteiger partial charge on any atom is 0.109 e. The zero-order valence-electron chi connectivity index (χ0n) is 9.59. The molecule has 5 heteroatoms. The second-order valence-corrected chi connectivity index (χ2v) is 7.39. The highest BCUT2D eigenvalue weighted by Crippen LogP contribution is 2.34. The Morgan fingerprint density at radius 1 is 1.44 bits per heavy atom. The van der Waals surface area contributed by atoms with Crippen molar-refractivity contribution in [1.82, 2.24) is 0 Å². The van der Waals surface area contributed by atoms with E-state index in [0.29, 0.717) is 6.42 Å². The van der Waals surface area contributed by atoms with Gasteiger partial charge in [0.1, 0.15) is 7.14 Å². The first kappa shape index (κ1) is 15.7. The van der Waals surface area contributed by atoms with Crippen LogP contribution in [-0.2, 0) is 11.0 Å². The predicted octanol–water partition coefficient (Wildman–Crippen LogP) is 1.22. The Morgan fingerprint density at radius 2 is 2.06 bits per heavy atom. The van der Waals surface area contributed by atoms with Gasteiger partial charge in [0.25, 0.3) is 0 Å². The maximum absolute atomic E-state index is 11.8. The van der Waals surface area contributed by atoms with Crippen LogP contribution in [-0.4, -0.2) is 31.1 Å². The molecule has 1 aromatic rings. The molecule has 0 radical (unpaired) electrons. The van der Waals surface area contributed by atoms with E-state index in [4.69, 9.17) is 10.8 Å². The molecule has 0 aromatic heterocycles. The van der Waals surface area contributed by atoms with Gasteiger partial charge in [-0.2, -0.15) is 0 Å².